The first kappa shape index (κ1) is 17.9. The van der Waals surface area contributed by atoms with Crippen LogP contribution in [0.25, 0.3) is 0 Å². The maximum atomic E-state index is 12.0. The number of nitrogens with one attached hydrogen (secondary N) is 2. The number of thiazole rings is 1. The average molecular weight is 347 g/mol. The van der Waals surface area contributed by atoms with E-state index in [1.165, 1.54) is 7.11 Å². The zero-order chi connectivity index (χ0) is 17.7. The number of hydrogen-bond acceptors (Lipinski definition) is 5. The Balaban J connectivity index is 1.92. The Morgan fingerprint density at radius 3 is 2.54 bits per heavy atom. The third kappa shape index (κ3) is 4.55. The molecule has 128 valence electrons. The third-order valence-electron chi connectivity index (χ3n) is 3.18. The molecule has 2 rings (SSSR count). The second-order valence-electron chi connectivity index (χ2n) is 6.23. The van der Waals surface area contributed by atoms with E-state index in [-0.39, 0.29) is 12.0 Å². The summed E-state index contributed by atoms with van der Waals surface area (Å²) >= 11 is 1.54. The minimum absolute atomic E-state index is 0.0336. The van der Waals surface area contributed by atoms with Crippen LogP contribution in [0.4, 0.5) is 5.69 Å². The van der Waals surface area contributed by atoms with Gasteiger partial charge < -0.3 is 15.4 Å². The van der Waals surface area contributed by atoms with E-state index in [4.69, 9.17) is 4.74 Å². The zero-order valence-corrected chi connectivity index (χ0v) is 15.0. The molecular weight excluding hydrogens is 326 g/mol. The number of amides is 2. The number of carbonyl (C=O) groups excluding carboxylic acids is 2. The summed E-state index contributed by atoms with van der Waals surface area (Å²) in [6, 6.07) is 6.90. The molecule has 0 aliphatic carbocycles. The van der Waals surface area contributed by atoms with Crippen molar-refractivity contribution in [3.05, 3.63) is 40.3 Å². The van der Waals surface area contributed by atoms with Gasteiger partial charge in [-0.1, -0.05) is 32.9 Å². The van der Waals surface area contributed by atoms with E-state index in [2.05, 4.69) is 36.4 Å². The van der Waals surface area contributed by atoms with Gasteiger partial charge in [0.25, 0.3) is 0 Å². The fraction of sp³-hybridized carbons (Fsp3) is 0.353. The molecular formula is C17H21N3O3S. The molecule has 0 saturated carbocycles. The second-order valence-corrected chi connectivity index (χ2v) is 7.09. The van der Waals surface area contributed by atoms with E-state index in [9.17, 15) is 9.59 Å². The van der Waals surface area contributed by atoms with E-state index in [0.717, 1.165) is 10.7 Å². The molecule has 1 heterocycles. The number of nitrogens with zero attached hydrogens (tertiary/aromatic N) is 1. The molecule has 0 saturated heterocycles. The fourth-order valence-corrected chi connectivity index (χ4v) is 2.82. The SMILES string of the molecule is COc1ccccc1NC(=O)C(=O)NCc1csc(C(C)(C)C)n1. The first-order chi connectivity index (χ1) is 11.3. The highest BCUT2D eigenvalue weighted by atomic mass is 32.1. The monoisotopic (exact) mass is 347 g/mol. The first-order valence-corrected chi connectivity index (χ1v) is 8.36. The molecule has 0 spiro atoms. The highest BCUT2D eigenvalue weighted by molar-refractivity contribution is 7.09. The van der Waals surface area contributed by atoms with Gasteiger partial charge in [0.2, 0.25) is 0 Å². The molecule has 1 aromatic carbocycles. The van der Waals surface area contributed by atoms with Gasteiger partial charge in [0, 0.05) is 10.8 Å². The Morgan fingerprint density at radius 2 is 1.92 bits per heavy atom. The largest absolute Gasteiger partial charge is 0.495 e. The van der Waals surface area contributed by atoms with Crippen LogP contribution in [0.5, 0.6) is 5.75 Å². The van der Waals surface area contributed by atoms with Crippen LogP contribution < -0.4 is 15.4 Å². The molecule has 2 amide bonds. The van der Waals surface area contributed by atoms with E-state index in [0.29, 0.717) is 11.4 Å². The molecule has 0 radical (unpaired) electrons. The van der Waals surface area contributed by atoms with Gasteiger partial charge in [-0.2, -0.15) is 0 Å². The minimum Gasteiger partial charge on any atom is -0.495 e. The van der Waals surface area contributed by atoms with Crippen LogP contribution in [0.3, 0.4) is 0 Å². The van der Waals surface area contributed by atoms with Gasteiger partial charge in [-0.25, -0.2) is 4.98 Å². The molecule has 1 aromatic heterocycles. The summed E-state index contributed by atoms with van der Waals surface area (Å²) in [6.45, 7) is 6.45. The number of methoxy groups -OCH3 is 1. The molecule has 0 fully saturated rings. The molecule has 24 heavy (non-hydrogen) atoms. The fourth-order valence-electron chi connectivity index (χ4n) is 1.91. The smallest absolute Gasteiger partial charge is 0.313 e. The van der Waals surface area contributed by atoms with Crippen LogP contribution in [0, 0.1) is 0 Å². The summed E-state index contributed by atoms with van der Waals surface area (Å²) in [4.78, 5) is 28.4. The predicted octanol–water partition coefficient (Wildman–Crippen LogP) is 2.70. The van der Waals surface area contributed by atoms with Crippen molar-refractivity contribution in [1.82, 2.24) is 10.3 Å². The quantitative estimate of drug-likeness (QED) is 0.834. The van der Waals surface area contributed by atoms with Crippen molar-refractivity contribution < 1.29 is 14.3 Å². The maximum absolute atomic E-state index is 12.0. The van der Waals surface area contributed by atoms with E-state index >= 15 is 0 Å². The predicted molar refractivity (Wildman–Crippen MR) is 94.3 cm³/mol. The van der Waals surface area contributed by atoms with Gasteiger partial charge in [-0.05, 0) is 12.1 Å². The number of anilines is 1. The molecule has 2 N–H and O–H groups in total. The van der Waals surface area contributed by atoms with Crippen molar-refractivity contribution >= 4 is 28.8 Å². The Hall–Kier alpha value is -2.41. The lowest BCUT2D eigenvalue weighted by molar-refractivity contribution is -0.136. The van der Waals surface area contributed by atoms with E-state index < -0.39 is 11.8 Å². The van der Waals surface area contributed by atoms with Crippen LogP contribution in [-0.4, -0.2) is 23.9 Å². The van der Waals surface area contributed by atoms with Crippen molar-refractivity contribution in [2.24, 2.45) is 0 Å². The van der Waals surface area contributed by atoms with Crippen LogP contribution >= 0.6 is 11.3 Å². The number of para-hydroxylation sites is 2. The summed E-state index contributed by atoms with van der Waals surface area (Å²) in [5.74, 6) is -0.968. The molecule has 0 aliphatic heterocycles. The average Bonchev–Trinajstić information content (AvgIpc) is 3.02. The zero-order valence-electron chi connectivity index (χ0n) is 14.2. The normalized spacial score (nSPS) is 11.0. The number of carbonyl (C=O) groups is 2. The lowest BCUT2D eigenvalue weighted by atomic mass is 9.98. The summed E-state index contributed by atoms with van der Waals surface area (Å²) in [5.41, 5.74) is 1.15. The highest BCUT2D eigenvalue weighted by Gasteiger charge is 2.19. The summed E-state index contributed by atoms with van der Waals surface area (Å²) in [6.07, 6.45) is 0. The molecule has 0 atom stereocenters. The van der Waals surface area contributed by atoms with E-state index in [1.807, 2.05) is 5.38 Å². The van der Waals surface area contributed by atoms with Crippen LogP contribution in [0.2, 0.25) is 0 Å². The Bertz CT molecular complexity index is 735. The van der Waals surface area contributed by atoms with Gasteiger partial charge in [-0.15, -0.1) is 11.3 Å². The third-order valence-corrected chi connectivity index (χ3v) is 4.50. The van der Waals surface area contributed by atoms with Crippen molar-refractivity contribution in [3.8, 4) is 5.75 Å². The van der Waals surface area contributed by atoms with Gasteiger partial charge in [-0.3, -0.25) is 9.59 Å². The Kier molecular flexibility index (Phi) is 5.56. The van der Waals surface area contributed by atoms with Crippen LogP contribution in [-0.2, 0) is 21.5 Å². The lowest BCUT2D eigenvalue weighted by Gasteiger charge is -2.13. The topological polar surface area (TPSA) is 80.3 Å². The van der Waals surface area contributed by atoms with Crippen LogP contribution in [0.15, 0.2) is 29.6 Å². The molecule has 2 aromatic rings. The van der Waals surface area contributed by atoms with Gasteiger partial charge in [0.1, 0.15) is 5.75 Å². The highest BCUT2D eigenvalue weighted by Crippen LogP contribution is 2.25. The number of ether oxygens (including phenoxy) is 1. The molecule has 0 unspecified atom stereocenters. The number of aromatic nitrogens is 1. The standard InChI is InChI=1S/C17H21N3O3S/c1-17(2,3)16-19-11(10-24-16)9-18-14(21)15(22)20-12-7-5-6-8-13(12)23-4/h5-8,10H,9H2,1-4H3,(H,18,21)(H,20,22). The van der Waals surface area contributed by atoms with Gasteiger partial charge in [0.05, 0.1) is 30.0 Å². The van der Waals surface area contributed by atoms with Gasteiger partial charge >= 0.3 is 11.8 Å². The molecule has 7 heteroatoms. The minimum atomic E-state index is -0.745. The number of benzene rings is 1. The van der Waals surface area contributed by atoms with Gasteiger partial charge in [0.15, 0.2) is 0 Å². The lowest BCUT2D eigenvalue weighted by Crippen LogP contribution is -2.35. The van der Waals surface area contributed by atoms with Crippen LogP contribution in [0.1, 0.15) is 31.5 Å². The van der Waals surface area contributed by atoms with Crippen molar-refractivity contribution in [1.29, 1.82) is 0 Å². The van der Waals surface area contributed by atoms with E-state index in [1.54, 1.807) is 35.6 Å². The molecule has 0 aliphatic rings. The Morgan fingerprint density at radius 1 is 1.21 bits per heavy atom. The molecule has 0 bridgehead atoms. The van der Waals surface area contributed by atoms with Crippen molar-refractivity contribution in [2.45, 2.75) is 32.7 Å². The Labute approximate surface area is 145 Å². The van der Waals surface area contributed by atoms with Crippen molar-refractivity contribution in [2.75, 3.05) is 12.4 Å². The summed E-state index contributed by atoms with van der Waals surface area (Å²) < 4.78 is 5.13. The summed E-state index contributed by atoms with van der Waals surface area (Å²) in [7, 11) is 1.50. The number of hydrogen-bond donors (Lipinski definition) is 2. The maximum Gasteiger partial charge on any atom is 0.313 e. The molecule has 6 nitrogen and oxygen atoms in total. The first-order valence-electron chi connectivity index (χ1n) is 7.48. The summed E-state index contributed by atoms with van der Waals surface area (Å²) in [5, 5.41) is 7.99. The second kappa shape index (κ2) is 7.44. The number of rotatable bonds is 4. The van der Waals surface area contributed by atoms with Crippen molar-refractivity contribution in [3.63, 3.8) is 0 Å².